The van der Waals surface area contributed by atoms with Gasteiger partial charge < -0.3 is 19.3 Å². The van der Waals surface area contributed by atoms with Crippen LogP contribution < -0.4 is 14.2 Å². The minimum atomic E-state index is -0.789. The molecule has 2 rings (SSSR count). The van der Waals surface area contributed by atoms with Gasteiger partial charge in [0.2, 0.25) is 0 Å². The van der Waals surface area contributed by atoms with E-state index in [0.29, 0.717) is 30.8 Å². The number of methoxy groups -OCH3 is 3. The molecule has 0 fully saturated rings. The van der Waals surface area contributed by atoms with E-state index in [2.05, 4.69) is 0 Å². The van der Waals surface area contributed by atoms with Crippen LogP contribution in [0.4, 0.5) is 0 Å². The topological polar surface area (TPSA) is 65.0 Å². The van der Waals surface area contributed by atoms with Crippen LogP contribution in [-0.2, 0) is 17.6 Å². The number of carboxylic acid groups (broad SMARTS) is 1. The monoisotopic (exact) mass is 344 g/mol. The Kier molecular flexibility index (Phi) is 6.69. The highest BCUT2D eigenvalue weighted by Gasteiger charge is 2.19. The van der Waals surface area contributed by atoms with Crippen molar-refractivity contribution < 1.29 is 24.1 Å². The normalized spacial score (nSPS) is 11.6. The molecule has 0 heterocycles. The van der Waals surface area contributed by atoms with Crippen LogP contribution in [-0.4, -0.2) is 32.4 Å². The molecule has 5 nitrogen and oxygen atoms in total. The minimum absolute atomic E-state index is 0.450. The van der Waals surface area contributed by atoms with Crippen molar-refractivity contribution in [1.82, 2.24) is 0 Å². The van der Waals surface area contributed by atoms with Crippen LogP contribution in [0.1, 0.15) is 17.5 Å². The summed E-state index contributed by atoms with van der Waals surface area (Å²) in [5.41, 5.74) is 2.01. The molecule has 0 amide bonds. The van der Waals surface area contributed by atoms with E-state index in [9.17, 15) is 9.90 Å². The van der Waals surface area contributed by atoms with Gasteiger partial charge in [0, 0.05) is 0 Å². The lowest BCUT2D eigenvalue weighted by Gasteiger charge is -2.14. The third-order valence-electron chi connectivity index (χ3n) is 4.22. The predicted molar refractivity (Wildman–Crippen MR) is 95.7 cm³/mol. The first-order chi connectivity index (χ1) is 12.1. The lowest BCUT2D eigenvalue weighted by atomic mass is 9.93. The van der Waals surface area contributed by atoms with Gasteiger partial charge in [-0.2, -0.15) is 0 Å². The Balaban J connectivity index is 2.04. The molecular weight excluding hydrogens is 320 g/mol. The van der Waals surface area contributed by atoms with Gasteiger partial charge in [-0.3, -0.25) is 4.79 Å². The Morgan fingerprint density at radius 2 is 1.56 bits per heavy atom. The zero-order valence-electron chi connectivity index (χ0n) is 14.8. The highest BCUT2D eigenvalue weighted by atomic mass is 16.5. The molecule has 0 aliphatic carbocycles. The van der Waals surface area contributed by atoms with Crippen molar-refractivity contribution in [3.05, 3.63) is 53.6 Å². The summed E-state index contributed by atoms with van der Waals surface area (Å²) in [6.07, 6.45) is 1.72. The number of carbonyl (C=O) groups is 1. The molecule has 0 saturated carbocycles. The molecule has 1 N–H and O–H groups in total. The van der Waals surface area contributed by atoms with E-state index in [4.69, 9.17) is 14.2 Å². The summed E-state index contributed by atoms with van der Waals surface area (Å²) in [5, 5.41) is 9.55. The molecule has 0 radical (unpaired) electrons. The van der Waals surface area contributed by atoms with E-state index in [0.717, 1.165) is 16.9 Å². The maximum Gasteiger partial charge on any atom is 0.306 e. The van der Waals surface area contributed by atoms with Crippen molar-refractivity contribution >= 4 is 5.97 Å². The number of hydrogen-bond acceptors (Lipinski definition) is 4. The maximum atomic E-state index is 11.6. The third-order valence-corrected chi connectivity index (χ3v) is 4.22. The second-order valence-electron chi connectivity index (χ2n) is 5.82. The number of rotatable bonds is 9. The van der Waals surface area contributed by atoms with E-state index in [1.54, 1.807) is 27.4 Å². The Morgan fingerprint density at radius 3 is 2.12 bits per heavy atom. The largest absolute Gasteiger partial charge is 0.497 e. The Hall–Kier alpha value is -2.69. The molecule has 0 saturated heterocycles. The second-order valence-corrected chi connectivity index (χ2v) is 5.82. The van der Waals surface area contributed by atoms with Crippen LogP contribution in [0.25, 0.3) is 0 Å². The third kappa shape index (κ3) is 5.14. The molecule has 0 bridgehead atoms. The van der Waals surface area contributed by atoms with Crippen LogP contribution in [0.15, 0.2) is 42.5 Å². The summed E-state index contributed by atoms with van der Waals surface area (Å²) in [4.78, 5) is 11.6. The van der Waals surface area contributed by atoms with Gasteiger partial charge in [-0.05, 0) is 54.7 Å². The van der Waals surface area contributed by atoms with Gasteiger partial charge in [-0.25, -0.2) is 0 Å². The molecular formula is C20H24O5. The molecule has 134 valence electrons. The van der Waals surface area contributed by atoms with Crippen LogP contribution in [0.3, 0.4) is 0 Å². The van der Waals surface area contributed by atoms with Crippen LogP contribution >= 0.6 is 0 Å². The van der Waals surface area contributed by atoms with E-state index in [1.807, 2.05) is 36.4 Å². The van der Waals surface area contributed by atoms with Gasteiger partial charge in [-0.15, -0.1) is 0 Å². The summed E-state index contributed by atoms with van der Waals surface area (Å²) >= 11 is 0. The lowest BCUT2D eigenvalue weighted by Crippen LogP contribution is -2.17. The number of ether oxygens (including phenoxy) is 3. The molecule has 0 spiro atoms. The second kappa shape index (κ2) is 8.97. The van der Waals surface area contributed by atoms with Crippen molar-refractivity contribution in [3.63, 3.8) is 0 Å². The average Bonchev–Trinajstić information content (AvgIpc) is 2.65. The quantitative estimate of drug-likeness (QED) is 0.753. The number of carboxylic acids is 1. The number of hydrogen-bond donors (Lipinski definition) is 1. The fourth-order valence-corrected chi connectivity index (χ4v) is 2.74. The summed E-state index contributed by atoms with van der Waals surface area (Å²) < 4.78 is 15.6. The number of benzene rings is 2. The standard InChI is InChI=1S/C20H24O5/c1-23-17-9-5-14(6-10-17)4-8-16(20(21)22)12-15-7-11-18(24-2)19(13-15)25-3/h5-7,9-11,13,16H,4,8,12H2,1-3H3,(H,21,22). The molecule has 1 unspecified atom stereocenters. The molecule has 1 atom stereocenters. The first-order valence-corrected chi connectivity index (χ1v) is 8.14. The summed E-state index contributed by atoms with van der Waals surface area (Å²) in [5.74, 6) is 0.794. The van der Waals surface area contributed by atoms with Gasteiger partial charge in [0.15, 0.2) is 11.5 Å². The molecule has 5 heteroatoms. The van der Waals surface area contributed by atoms with E-state index < -0.39 is 11.9 Å². The average molecular weight is 344 g/mol. The minimum Gasteiger partial charge on any atom is -0.497 e. The van der Waals surface area contributed by atoms with Gasteiger partial charge in [0.25, 0.3) is 0 Å². The molecule has 0 aromatic heterocycles. The van der Waals surface area contributed by atoms with E-state index in [1.165, 1.54) is 0 Å². The molecule has 2 aromatic carbocycles. The highest BCUT2D eigenvalue weighted by Crippen LogP contribution is 2.29. The van der Waals surface area contributed by atoms with Crippen molar-refractivity contribution in [1.29, 1.82) is 0 Å². The summed E-state index contributed by atoms with van der Waals surface area (Å²) in [7, 11) is 4.77. The fourth-order valence-electron chi connectivity index (χ4n) is 2.74. The highest BCUT2D eigenvalue weighted by molar-refractivity contribution is 5.70. The number of aryl methyl sites for hydroxylation is 1. The maximum absolute atomic E-state index is 11.6. The molecule has 0 aliphatic rings. The SMILES string of the molecule is COc1ccc(CCC(Cc2ccc(OC)c(OC)c2)C(=O)O)cc1. The van der Waals surface area contributed by atoms with Crippen LogP contribution in [0, 0.1) is 5.92 Å². The van der Waals surface area contributed by atoms with Crippen molar-refractivity contribution in [3.8, 4) is 17.2 Å². The zero-order valence-corrected chi connectivity index (χ0v) is 14.8. The number of aliphatic carboxylic acids is 1. The zero-order chi connectivity index (χ0) is 18.2. The van der Waals surface area contributed by atoms with Gasteiger partial charge in [0.05, 0.1) is 27.2 Å². The summed E-state index contributed by atoms with van der Waals surface area (Å²) in [6, 6.07) is 13.2. The molecule has 25 heavy (non-hydrogen) atoms. The van der Waals surface area contributed by atoms with Gasteiger partial charge >= 0.3 is 5.97 Å². The van der Waals surface area contributed by atoms with E-state index >= 15 is 0 Å². The predicted octanol–water partition coefficient (Wildman–Crippen LogP) is 3.59. The fraction of sp³-hybridized carbons (Fsp3) is 0.350. The van der Waals surface area contributed by atoms with Crippen molar-refractivity contribution in [2.24, 2.45) is 5.92 Å². The van der Waals surface area contributed by atoms with Gasteiger partial charge in [-0.1, -0.05) is 18.2 Å². The van der Waals surface area contributed by atoms with Crippen LogP contribution in [0.5, 0.6) is 17.2 Å². The van der Waals surface area contributed by atoms with Gasteiger partial charge in [0.1, 0.15) is 5.75 Å². The molecule has 0 aliphatic heterocycles. The summed E-state index contributed by atoms with van der Waals surface area (Å²) in [6.45, 7) is 0. The Labute approximate surface area is 148 Å². The lowest BCUT2D eigenvalue weighted by molar-refractivity contribution is -0.141. The Bertz CT molecular complexity index is 694. The van der Waals surface area contributed by atoms with Crippen molar-refractivity contribution in [2.45, 2.75) is 19.3 Å². The van der Waals surface area contributed by atoms with Crippen molar-refractivity contribution in [2.75, 3.05) is 21.3 Å². The van der Waals surface area contributed by atoms with Crippen LogP contribution in [0.2, 0.25) is 0 Å². The first kappa shape index (κ1) is 18.6. The smallest absolute Gasteiger partial charge is 0.306 e. The molecule has 2 aromatic rings. The first-order valence-electron chi connectivity index (χ1n) is 8.14. The Morgan fingerprint density at radius 1 is 0.920 bits per heavy atom. The van der Waals surface area contributed by atoms with E-state index in [-0.39, 0.29) is 0 Å².